The maximum absolute atomic E-state index is 16.0. The lowest BCUT2D eigenvalue weighted by molar-refractivity contribution is -0.141. The summed E-state index contributed by atoms with van der Waals surface area (Å²) in [5, 5.41) is 6.17. The van der Waals surface area contributed by atoms with Crippen molar-refractivity contribution in [3.05, 3.63) is 58.8 Å². The zero-order valence-corrected chi connectivity index (χ0v) is 20.7. The van der Waals surface area contributed by atoms with Gasteiger partial charge in [-0.1, -0.05) is 6.07 Å². The van der Waals surface area contributed by atoms with Crippen molar-refractivity contribution in [2.75, 3.05) is 13.1 Å². The minimum absolute atomic E-state index is 0.207. The first-order valence-electron chi connectivity index (χ1n) is 12.4. The fourth-order valence-electron chi connectivity index (χ4n) is 5.98. The van der Waals surface area contributed by atoms with Gasteiger partial charge in [0.15, 0.2) is 5.69 Å². The van der Waals surface area contributed by atoms with Crippen LogP contribution in [0.3, 0.4) is 0 Å². The van der Waals surface area contributed by atoms with E-state index in [1.165, 1.54) is 11.7 Å². The predicted octanol–water partition coefficient (Wildman–Crippen LogP) is 3.54. The Morgan fingerprint density at radius 1 is 1.24 bits per heavy atom. The molecule has 0 aliphatic carbocycles. The van der Waals surface area contributed by atoms with Crippen LogP contribution in [-0.4, -0.2) is 50.2 Å². The Balaban J connectivity index is 1.25. The van der Waals surface area contributed by atoms with Crippen LogP contribution in [0.2, 0.25) is 0 Å². The van der Waals surface area contributed by atoms with Gasteiger partial charge in [0.1, 0.15) is 17.0 Å². The Morgan fingerprint density at radius 3 is 2.71 bits per heavy atom. The molecule has 3 saturated heterocycles. The Labute approximate surface area is 214 Å². The Hall–Kier alpha value is -3.38. The normalized spacial score (nSPS) is 27.9. The molecule has 3 aliphatic rings. The maximum atomic E-state index is 16.0. The molecule has 6 rings (SSSR count). The standard InChI is InChI=1S/C26H25F4N5O3/c1-24-13-35(12-15-10-20(26(28,29)30)33-34(15)2)8-7-25(24,38-24)18-4-5-19-17(22(18)27)9-14(11-31-19)16-3-6-21(36)32-23(16)37/h4-5,9-11,16H,3,6-8,12-13H2,1-2H3,(H,32,36,37). The molecule has 1 aromatic carbocycles. The molecular weight excluding hydrogens is 506 g/mol. The fraction of sp³-hybridized carbons (Fsp3) is 0.462. The highest BCUT2D eigenvalue weighted by molar-refractivity contribution is 6.01. The van der Waals surface area contributed by atoms with E-state index in [1.54, 1.807) is 24.4 Å². The number of halogens is 4. The number of ether oxygens (including phenoxy) is 1. The summed E-state index contributed by atoms with van der Waals surface area (Å²) in [7, 11) is 1.48. The van der Waals surface area contributed by atoms with Crippen molar-refractivity contribution < 1.29 is 31.9 Å². The van der Waals surface area contributed by atoms with Crippen molar-refractivity contribution in [2.24, 2.45) is 7.05 Å². The number of benzene rings is 1. The van der Waals surface area contributed by atoms with Crippen molar-refractivity contribution in [1.29, 1.82) is 0 Å². The first-order chi connectivity index (χ1) is 17.9. The van der Waals surface area contributed by atoms with E-state index in [1.807, 2.05) is 11.8 Å². The highest BCUT2D eigenvalue weighted by Gasteiger charge is 2.70. The molecule has 3 fully saturated rings. The molecule has 1 N–H and O–H groups in total. The van der Waals surface area contributed by atoms with E-state index >= 15 is 4.39 Å². The van der Waals surface area contributed by atoms with Crippen LogP contribution in [-0.2, 0) is 39.7 Å². The number of hydrogen-bond acceptors (Lipinski definition) is 6. The van der Waals surface area contributed by atoms with Gasteiger partial charge < -0.3 is 4.74 Å². The number of alkyl halides is 3. The number of amides is 2. The van der Waals surface area contributed by atoms with Gasteiger partial charge in [-0.15, -0.1) is 0 Å². The summed E-state index contributed by atoms with van der Waals surface area (Å²) in [6.07, 6.45) is -1.98. The van der Waals surface area contributed by atoms with Crippen LogP contribution in [0.5, 0.6) is 0 Å². The molecule has 0 radical (unpaired) electrons. The molecule has 8 nitrogen and oxygen atoms in total. The van der Waals surface area contributed by atoms with Crippen molar-refractivity contribution >= 4 is 22.7 Å². The van der Waals surface area contributed by atoms with E-state index in [0.29, 0.717) is 48.3 Å². The van der Waals surface area contributed by atoms with E-state index in [4.69, 9.17) is 4.74 Å². The number of carbonyl (C=O) groups is 2. The van der Waals surface area contributed by atoms with Crippen molar-refractivity contribution in [3.63, 3.8) is 0 Å². The van der Waals surface area contributed by atoms with E-state index in [2.05, 4.69) is 15.4 Å². The number of fused-ring (bicyclic) bond motifs is 2. The number of rotatable bonds is 4. The molecular formula is C26H25F4N5O3. The van der Waals surface area contributed by atoms with Crippen LogP contribution in [0, 0.1) is 5.82 Å². The monoisotopic (exact) mass is 531 g/mol. The van der Waals surface area contributed by atoms with Gasteiger partial charge in [0.2, 0.25) is 11.8 Å². The van der Waals surface area contributed by atoms with Crippen LogP contribution in [0.1, 0.15) is 54.6 Å². The highest BCUT2D eigenvalue weighted by Crippen LogP contribution is 2.61. The third-order valence-electron chi connectivity index (χ3n) is 8.07. The summed E-state index contributed by atoms with van der Waals surface area (Å²) < 4.78 is 62.6. The van der Waals surface area contributed by atoms with E-state index in [0.717, 1.165) is 6.07 Å². The van der Waals surface area contributed by atoms with Gasteiger partial charge in [0.05, 0.1) is 17.1 Å². The number of nitrogens with zero attached hydrogens (tertiary/aromatic N) is 4. The summed E-state index contributed by atoms with van der Waals surface area (Å²) in [4.78, 5) is 30.2. The number of epoxide rings is 1. The van der Waals surface area contributed by atoms with Crippen LogP contribution < -0.4 is 5.32 Å². The van der Waals surface area contributed by atoms with Crippen molar-refractivity contribution in [3.8, 4) is 0 Å². The van der Waals surface area contributed by atoms with Gasteiger partial charge in [-0.2, -0.15) is 18.3 Å². The minimum atomic E-state index is -4.51. The van der Waals surface area contributed by atoms with Gasteiger partial charge in [0, 0.05) is 50.2 Å². The minimum Gasteiger partial charge on any atom is -0.356 e. The van der Waals surface area contributed by atoms with Crippen molar-refractivity contribution in [2.45, 2.75) is 56.0 Å². The summed E-state index contributed by atoms with van der Waals surface area (Å²) >= 11 is 0. The Kier molecular flexibility index (Phi) is 5.45. The number of piperidine rings is 2. The molecule has 38 heavy (non-hydrogen) atoms. The largest absolute Gasteiger partial charge is 0.435 e. The van der Waals surface area contributed by atoms with Crippen LogP contribution in [0.4, 0.5) is 17.6 Å². The summed E-state index contributed by atoms with van der Waals surface area (Å²) in [5.41, 5.74) is -0.712. The number of imide groups is 1. The molecule has 200 valence electrons. The molecule has 3 atom stereocenters. The second kappa shape index (κ2) is 8.31. The van der Waals surface area contributed by atoms with Gasteiger partial charge in [-0.05, 0) is 43.5 Å². The van der Waals surface area contributed by atoms with Gasteiger partial charge in [-0.25, -0.2) is 4.39 Å². The number of hydrogen-bond donors (Lipinski definition) is 1. The molecule has 2 amide bonds. The second-order valence-corrected chi connectivity index (χ2v) is 10.5. The fourth-order valence-corrected chi connectivity index (χ4v) is 5.98. The maximum Gasteiger partial charge on any atom is 0.435 e. The number of nitrogens with one attached hydrogen (secondary N) is 1. The zero-order chi connectivity index (χ0) is 27.0. The smallest absolute Gasteiger partial charge is 0.356 e. The summed E-state index contributed by atoms with van der Waals surface area (Å²) in [6, 6.07) is 6.06. The Bertz CT molecular complexity index is 1490. The zero-order valence-electron chi connectivity index (χ0n) is 20.7. The average molecular weight is 532 g/mol. The predicted molar refractivity (Wildman–Crippen MR) is 126 cm³/mol. The van der Waals surface area contributed by atoms with Gasteiger partial charge in [-0.3, -0.25) is 29.5 Å². The topological polar surface area (TPSA) is 92.7 Å². The second-order valence-electron chi connectivity index (χ2n) is 10.5. The summed E-state index contributed by atoms with van der Waals surface area (Å²) in [6.45, 7) is 3.04. The molecule has 0 spiro atoms. The van der Waals surface area contributed by atoms with Crippen LogP contribution >= 0.6 is 0 Å². The number of likely N-dealkylation sites (tertiary alicyclic amines) is 1. The SMILES string of the molecule is Cn1nc(C(F)(F)F)cc1CN1CCC2(c3ccc4ncc(C5CCC(=O)NC5=O)cc4c3F)OC2(C)C1. The van der Waals surface area contributed by atoms with Gasteiger partial charge in [0.25, 0.3) is 0 Å². The number of aromatic nitrogens is 3. The summed E-state index contributed by atoms with van der Waals surface area (Å²) in [5.74, 6) is -1.80. The number of carbonyl (C=O) groups excluding carboxylic acids is 2. The molecule has 12 heteroatoms. The highest BCUT2D eigenvalue weighted by atomic mass is 19.4. The van der Waals surface area contributed by atoms with E-state index in [9.17, 15) is 22.8 Å². The number of aryl methyl sites for hydroxylation is 1. The van der Waals surface area contributed by atoms with Gasteiger partial charge >= 0.3 is 6.18 Å². The first-order valence-corrected chi connectivity index (χ1v) is 12.4. The number of pyridine rings is 1. The first kappa shape index (κ1) is 24.9. The molecule has 0 saturated carbocycles. The molecule has 5 heterocycles. The third-order valence-corrected chi connectivity index (χ3v) is 8.07. The third kappa shape index (κ3) is 3.89. The lowest BCUT2D eigenvalue weighted by Gasteiger charge is -2.32. The quantitative estimate of drug-likeness (QED) is 0.315. The molecule has 3 aromatic rings. The Morgan fingerprint density at radius 2 is 2.03 bits per heavy atom. The van der Waals surface area contributed by atoms with Crippen molar-refractivity contribution in [1.82, 2.24) is 25.0 Å². The molecule has 0 bridgehead atoms. The molecule has 2 aromatic heterocycles. The lowest BCUT2D eigenvalue weighted by Crippen LogP contribution is -2.44. The van der Waals surface area contributed by atoms with Crippen LogP contribution in [0.15, 0.2) is 30.5 Å². The van der Waals surface area contributed by atoms with E-state index < -0.39 is 40.7 Å². The lowest BCUT2D eigenvalue weighted by atomic mass is 9.80. The molecule has 3 unspecified atom stereocenters. The molecule has 3 aliphatic heterocycles. The average Bonchev–Trinajstić information content (AvgIpc) is 3.31. The van der Waals surface area contributed by atoms with Crippen LogP contribution in [0.25, 0.3) is 10.9 Å². The van der Waals surface area contributed by atoms with E-state index in [-0.39, 0.29) is 24.3 Å².